The van der Waals surface area contributed by atoms with Gasteiger partial charge in [-0.2, -0.15) is 5.10 Å². The predicted molar refractivity (Wildman–Crippen MR) is 134 cm³/mol. The van der Waals surface area contributed by atoms with Crippen LogP contribution in [0.25, 0.3) is 11.2 Å². The molecule has 3 heterocycles. The number of hydrazone groups is 1. The second kappa shape index (κ2) is 11.1. The quantitative estimate of drug-likeness (QED) is 0.153. The van der Waals surface area contributed by atoms with Crippen molar-refractivity contribution in [2.24, 2.45) is 22.4 Å². The lowest BCUT2D eigenvalue weighted by Crippen LogP contribution is -2.27. The monoisotopic (exact) mass is 473 g/mol. The fourth-order valence-electron chi connectivity index (χ4n) is 3.81. The molecular formula is C21H32ClN11. The molecule has 0 amide bonds. The Labute approximate surface area is 198 Å². The van der Waals surface area contributed by atoms with Gasteiger partial charge in [-0.25, -0.2) is 26.3 Å². The first-order valence-corrected chi connectivity index (χ1v) is 11.3. The summed E-state index contributed by atoms with van der Waals surface area (Å²) in [4.78, 5) is 15.1. The molecule has 0 spiro atoms. The highest BCUT2D eigenvalue weighted by atomic mass is 35.5. The van der Waals surface area contributed by atoms with Crippen LogP contribution in [0.5, 0.6) is 0 Å². The summed E-state index contributed by atoms with van der Waals surface area (Å²) < 4.78 is 2.01. The van der Waals surface area contributed by atoms with E-state index >= 15 is 0 Å². The van der Waals surface area contributed by atoms with E-state index in [1.807, 2.05) is 23.6 Å². The Kier molecular flexibility index (Phi) is 8.26. The molecule has 9 N–H and O–H groups in total. The third-order valence-electron chi connectivity index (χ3n) is 5.56. The molecule has 1 fully saturated rings. The molecule has 178 valence electrons. The van der Waals surface area contributed by atoms with E-state index < -0.39 is 0 Å². The lowest BCUT2D eigenvalue weighted by atomic mass is 10.0. The van der Waals surface area contributed by atoms with Gasteiger partial charge >= 0.3 is 0 Å². The lowest BCUT2D eigenvalue weighted by Gasteiger charge is -2.24. The Hall–Kier alpha value is -3.15. The largest absolute Gasteiger partial charge is 0.386 e. The highest BCUT2D eigenvalue weighted by molar-refractivity contribution is 6.31. The molecule has 2 aromatic heterocycles. The standard InChI is InChI=1S/C18H22ClN7.C3H10N4/c1-2-11-5-12(19)6-15(25-4-3-13(20)7-25)14(11)8-26-10-24-16-17(21)22-9-23-18(16)26;1-2-3(4)6-7-5/h5-6,9-10,13H,2-4,7-8,20H2,1H3,(H2,21,22,23);7H,2,5H2,1H3,(H2,4,6). The minimum absolute atomic E-state index is 0.202. The summed E-state index contributed by atoms with van der Waals surface area (Å²) in [6, 6.07) is 4.28. The number of amidine groups is 1. The van der Waals surface area contributed by atoms with Crippen LogP contribution in [-0.4, -0.2) is 44.5 Å². The zero-order valence-electron chi connectivity index (χ0n) is 19.0. The Morgan fingerprint density at radius 1 is 1.27 bits per heavy atom. The van der Waals surface area contributed by atoms with Crippen molar-refractivity contribution in [1.29, 1.82) is 0 Å². The smallest absolute Gasteiger partial charge is 0.165 e. The second-order valence-corrected chi connectivity index (χ2v) is 8.24. The molecule has 0 radical (unpaired) electrons. The van der Waals surface area contributed by atoms with Gasteiger partial charge < -0.3 is 26.7 Å². The van der Waals surface area contributed by atoms with Crippen molar-refractivity contribution in [3.8, 4) is 0 Å². The summed E-state index contributed by atoms with van der Waals surface area (Å²) in [7, 11) is 0. The average Bonchev–Trinajstić information content (AvgIpc) is 3.42. The van der Waals surface area contributed by atoms with Gasteiger partial charge in [0.2, 0.25) is 0 Å². The minimum Gasteiger partial charge on any atom is -0.386 e. The zero-order chi connectivity index (χ0) is 24.0. The molecule has 1 aromatic carbocycles. The fraction of sp³-hybridized carbons (Fsp3) is 0.429. The number of hydrogen-bond acceptors (Lipinski definition) is 9. The van der Waals surface area contributed by atoms with Crippen LogP contribution in [0.4, 0.5) is 11.5 Å². The third-order valence-corrected chi connectivity index (χ3v) is 5.78. The number of aromatic nitrogens is 4. The number of fused-ring (bicyclic) bond motifs is 1. The number of nitrogens with two attached hydrogens (primary N) is 4. The number of aryl methyl sites for hydroxylation is 1. The number of benzene rings is 1. The number of nitrogens with one attached hydrogen (secondary N) is 1. The summed E-state index contributed by atoms with van der Waals surface area (Å²) >= 11 is 6.40. The van der Waals surface area contributed by atoms with Gasteiger partial charge in [-0.05, 0) is 36.1 Å². The normalized spacial score (nSPS) is 16.1. The summed E-state index contributed by atoms with van der Waals surface area (Å²) in [5.74, 6) is 5.70. The first-order chi connectivity index (χ1) is 15.9. The van der Waals surface area contributed by atoms with Crippen LogP contribution in [0.2, 0.25) is 5.02 Å². The maximum absolute atomic E-state index is 6.40. The van der Waals surface area contributed by atoms with Gasteiger partial charge in [0.1, 0.15) is 17.7 Å². The van der Waals surface area contributed by atoms with Crippen molar-refractivity contribution in [2.45, 2.75) is 45.7 Å². The van der Waals surface area contributed by atoms with Gasteiger partial charge in [-0.15, -0.1) is 0 Å². The van der Waals surface area contributed by atoms with E-state index in [2.05, 4.69) is 37.4 Å². The van der Waals surface area contributed by atoms with Crippen LogP contribution in [-0.2, 0) is 13.0 Å². The summed E-state index contributed by atoms with van der Waals surface area (Å²) in [6.07, 6.45) is 5.85. The van der Waals surface area contributed by atoms with Gasteiger partial charge in [-0.1, -0.05) is 25.4 Å². The lowest BCUT2D eigenvalue weighted by molar-refractivity contribution is 0.750. The van der Waals surface area contributed by atoms with E-state index in [4.69, 9.17) is 34.6 Å². The van der Waals surface area contributed by atoms with E-state index in [0.29, 0.717) is 23.7 Å². The van der Waals surface area contributed by atoms with Crippen LogP contribution >= 0.6 is 11.6 Å². The number of anilines is 2. The number of nitrogens with zero attached hydrogens (tertiary/aromatic N) is 6. The second-order valence-electron chi connectivity index (χ2n) is 7.80. The van der Waals surface area contributed by atoms with Crippen LogP contribution in [0, 0.1) is 0 Å². The number of hydrogen-bond donors (Lipinski definition) is 5. The van der Waals surface area contributed by atoms with Crippen LogP contribution in [0.1, 0.15) is 37.8 Å². The van der Waals surface area contributed by atoms with Gasteiger partial charge in [0, 0.05) is 36.3 Å². The van der Waals surface area contributed by atoms with Crippen molar-refractivity contribution in [3.63, 3.8) is 0 Å². The Bertz CT molecular complexity index is 1110. The molecule has 0 aliphatic carbocycles. The molecule has 33 heavy (non-hydrogen) atoms. The maximum Gasteiger partial charge on any atom is 0.165 e. The van der Waals surface area contributed by atoms with Crippen molar-refractivity contribution in [1.82, 2.24) is 25.1 Å². The predicted octanol–water partition coefficient (Wildman–Crippen LogP) is 1.34. The van der Waals surface area contributed by atoms with Crippen molar-refractivity contribution in [3.05, 3.63) is 40.9 Å². The van der Waals surface area contributed by atoms with E-state index in [1.54, 1.807) is 6.33 Å². The van der Waals surface area contributed by atoms with Gasteiger partial charge in [0.15, 0.2) is 11.5 Å². The highest BCUT2D eigenvalue weighted by Crippen LogP contribution is 2.32. The van der Waals surface area contributed by atoms with E-state index in [9.17, 15) is 0 Å². The minimum atomic E-state index is 0.202. The van der Waals surface area contributed by atoms with Crippen molar-refractivity contribution in [2.75, 3.05) is 23.7 Å². The number of halogens is 1. The SMILES string of the molecule is CC/C(N)=N/NN.CCc1cc(Cl)cc(N2CCC(N)C2)c1Cn1cnc2c(N)ncnc21. The van der Waals surface area contributed by atoms with E-state index in [1.165, 1.54) is 17.5 Å². The van der Waals surface area contributed by atoms with Crippen LogP contribution in [0.3, 0.4) is 0 Å². The van der Waals surface area contributed by atoms with E-state index in [0.717, 1.165) is 48.7 Å². The molecule has 11 nitrogen and oxygen atoms in total. The molecular weight excluding hydrogens is 442 g/mol. The van der Waals surface area contributed by atoms with Gasteiger partial charge in [-0.3, -0.25) is 0 Å². The summed E-state index contributed by atoms with van der Waals surface area (Å²) in [6.45, 7) is 6.47. The molecule has 1 saturated heterocycles. The Morgan fingerprint density at radius 2 is 2.06 bits per heavy atom. The number of nitrogen functional groups attached to an aromatic ring is 1. The zero-order valence-corrected chi connectivity index (χ0v) is 19.8. The molecule has 1 unspecified atom stereocenters. The van der Waals surface area contributed by atoms with Crippen LogP contribution < -0.4 is 33.5 Å². The molecule has 1 atom stereocenters. The topological polar surface area (TPSA) is 175 Å². The molecule has 0 bridgehead atoms. The third kappa shape index (κ3) is 5.81. The molecule has 1 aliphatic heterocycles. The van der Waals surface area contributed by atoms with Crippen LogP contribution in [0.15, 0.2) is 29.9 Å². The first kappa shape index (κ1) is 24.5. The van der Waals surface area contributed by atoms with Gasteiger partial charge in [0.25, 0.3) is 0 Å². The van der Waals surface area contributed by atoms with Crippen molar-refractivity contribution < 1.29 is 0 Å². The Balaban J connectivity index is 0.000000383. The summed E-state index contributed by atoms with van der Waals surface area (Å²) in [5, 5.41) is 4.22. The number of rotatable bonds is 6. The number of hydrazine groups is 1. The number of imidazole rings is 1. The first-order valence-electron chi connectivity index (χ1n) is 10.9. The molecule has 4 rings (SSSR count). The Morgan fingerprint density at radius 3 is 2.67 bits per heavy atom. The fourth-order valence-corrected chi connectivity index (χ4v) is 4.05. The summed E-state index contributed by atoms with van der Waals surface area (Å²) in [5.41, 5.74) is 24.3. The van der Waals surface area contributed by atoms with Gasteiger partial charge in [0.05, 0.1) is 12.9 Å². The van der Waals surface area contributed by atoms with Crippen molar-refractivity contribution >= 4 is 40.1 Å². The molecule has 0 saturated carbocycles. The molecule has 1 aliphatic rings. The molecule has 3 aromatic rings. The maximum atomic E-state index is 6.40. The highest BCUT2D eigenvalue weighted by Gasteiger charge is 2.23. The molecule has 12 heteroatoms. The van der Waals surface area contributed by atoms with E-state index in [-0.39, 0.29) is 6.04 Å². The average molecular weight is 474 g/mol.